The zero-order chi connectivity index (χ0) is 21.5. The molecule has 10 heteroatoms. The third kappa shape index (κ3) is 3.69. The predicted molar refractivity (Wildman–Crippen MR) is 117 cm³/mol. The fourth-order valence-corrected chi connectivity index (χ4v) is 5.23. The quantitative estimate of drug-likeness (QED) is 0.504. The third-order valence-electron chi connectivity index (χ3n) is 5.44. The van der Waals surface area contributed by atoms with E-state index in [1.54, 1.807) is 24.0 Å². The number of aromatic nitrogens is 3. The van der Waals surface area contributed by atoms with E-state index in [2.05, 4.69) is 15.0 Å². The number of aryl methyl sites for hydroxylation is 1. The van der Waals surface area contributed by atoms with Gasteiger partial charge in [-0.2, -0.15) is 4.52 Å². The lowest BCUT2D eigenvalue weighted by Crippen LogP contribution is -2.49. The van der Waals surface area contributed by atoms with Crippen LogP contribution in [0.3, 0.4) is 0 Å². The number of furan rings is 1. The van der Waals surface area contributed by atoms with E-state index in [1.807, 2.05) is 24.3 Å². The highest BCUT2D eigenvalue weighted by Gasteiger charge is 2.33. The van der Waals surface area contributed by atoms with Gasteiger partial charge in [0.05, 0.1) is 17.2 Å². The zero-order valence-corrected chi connectivity index (χ0v) is 18.3. The molecule has 3 aromatic heterocycles. The Hall–Kier alpha value is -2.88. The van der Waals surface area contributed by atoms with E-state index in [0.29, 0.717) is 47.7 Å². The van der Waals surface area contributed by atoms with Crippen LogP contribution >= 0.6 is 22.9 Å². The first-order chi connectivity index (χ1) is 15.0. The van der Waals surface area contributed by atoms with Crippen molar-refractivity contribution in [3.63, 3.8) is 0 Å². The van der Waals surface area contributed by atoms with Gasteiger partial charge in [-0.05, 0) is 36.8 Å². The molecule has 4 heterocycles. The largest absolute Gasteiger partial charge is 0.492 e. The molecule has 0 saturated carbocycles. The van der Waals surface area contributed by atoms with Gasteiger partial charge in [0.25, 0.3) is 5.91 Å². The van der Waals surface area contributed by atoms with E-state index >= 15 is 0 Å². The van der Waals surface area contributed by atoms with Gasteiger partial charge in [-0.3, -0.25) is 9.69 Å². The molecule has 5 rings (SSSR count). The summed E-state index contributed by atoms with van der Waals surface area (Å²) < 4.78 is 6.74. The predicted octanol–water partition coefficient (Wildman–Crippen LogP) is 3.60. The number of hydrogen-bond donors (Lipinski definition) is 1. The lowest BCUT2D eigenvalue weighted by molar-refractivity contribution is 0.0568. The normalized spacial score (nSPS) is 16.1. The highest BCUT2D eigenvalue weighted by Crippen LogP contribution is 2.40. The van der Waals surface area contributed by atoms with Gasteiger partial charge in [-0.15, -0.1) is 5.10 Å². The van der Waals surface area contributed by atoms with Crippen LogP contribution in [-0.4, -0.2) is 61.6 Å². The summed E-state index contributed by atoms with van der Waals surface area (Å²) in [5.74, 6) is 0.946. The van der Waals surface area contributed by atoms with Gasteiger partial charge < -0.3 is 14.4 Å². The number of amides is 1. The molecule has 4 aromatic rings. The smallest absolute Gasteiger partial charge is 0.289 e. The molecule has 1 aromatic carbocycles. The number of thiazole rings is 1. The molecule has 31 heavy (non-hydrogen) atoms. The molecule has 0 aliphatic carbocycles. The monoisotopic (exact) mass is 457 g/mol. The van der Waals surface area contributed by atoms with Gasteiger partial charge in [0.2, 0.25) is 10.8 Å². The van der Waals surface area contributed by atoms with Crippen LogP contribution in [-0.2, 0) is 0 Å². The van der Waals surface area contributed by atoms with Crippen LogP contribution < -0.4 is 0 Å². The molecular weight excluding hydrogens is 438 g/mol. The van der Waals surface area contributed by atoms with Crippen LogP contribution in [0.5, 0.6) is 5.88 Å². The molecule has 1 saturated heterocycles. The van der Waals surface area contributed by atoms with Crippen LogP contribution in [0, 0.1) is 6.92 Å². The summed E-state index contributed by atoms with van der Waals surface area (Å²) in [6.07, 6.45) is 1.51. The highest BCUT2D eigenvalue weighted by molar-refractivity contribution is 7.17. The first-order valence-corrected chi connectivity index (χ1v) is 11.1. The van der Waals surface area contributed by atoms with Crippen LogP contribution in [0.1, 0.15) is 32.9 Å². The van der Waals surface area contributed by atoms with Crippen molar-refractivity contribution in [1.82, 2.24) is 24.4 Å². The summed E-state index contributed by atoms with van der Waals surface area (Å²) in [7, 11) is 0. The van der Waals surface area contributed by atoms with Gasteiger partial charge in [0.15, 0.2) is 5.76 Å². The van der Waals surface area contributed by atoms with E-state index in [9.17, 15) is 9.90 Å². The van der Waals surface area contributed by atoms with Gasteiger partial charge >= 0.3 is 0 Å². The number of carbonyl (C=O) groups is 1. The molecule has 1 aliphatic rings. The van der Waals surface area contributed by atoms with Crippen LogP contribution in [0.15, 0.2) is 47.1 Å². The number of fused-ring (bicyclic) bond motifs is 1. The zero-order valence-electron chi connectivity index (χ0n) is 16.7. The Bertz CT molecular complexity index is 1210. The average molecular weight is 458 g/mol. The summed E-state index contributed by atoms with van der Waals surface area (Å²) in [4.78, 5) is 22.5. The maximum atomic E-state index is 12.6. The van der Waals surface area contributed by atoms with E-state index in [1.165, 1.54) is 22.1 Å². The fraction of sp³-hybridized carbons (Fsp3) is 0.286. The second-order valence-corrected chi connectivity index (χ2v) is 8.85. The maximum Gasteiger partial charge on any atom is 0.289 e. The number of aromatic hydroxyl groups is 1. The Morgan fingerprint density at radius 1 is 1.19 bits per heavy atom. The van der Waals surface area contributed by atoms with Crippen LogP contribution in [0.2, 0.25) is 5.02 Å². The van der Waals surface area contributed by atoms with E-state index in [4.69, 9.17) is 16.0 Å². The minimum Gasteiger partial charge on any atom is -0.492 e. The standard InChI is InChI=1S/C21H20ClN5O3S/c1-13-23-21-27(24-13)20(29)18(31-21)17(14-4-6-15(22)7-5-14)25-8-10-26(11-9-25)19(28)16-3-2-12-30-16/h2-7,12,17,29H,8-11H2,1H3/t17-/m0/s1. The lowest BCUT2D eigenvalue weighted by Gasteiger charge is -2.38. The molecule has 1 aliphatic heterocycles. The van der Waals surface area contributed by atoms with Crippen molar-refractivity contribution in [3.05, 3.63) is 69.7 Å². The molecule has 1 atom stereocenters. The topological polar surface area (TPSA) is 87.1 Å². The number of benzene rings is 1. The highest BCUT2D eigenvalue weighted by atomic mass is 35.5. The van der Waals surface area contributed by atoms with E-state index in [-0.39, 0.29) is 17.8 Å². The maximum absolute atomic E-state index is 12.6. The van der Waals surface area contributed by atoms with Crippen LogP contribution in [0.4, 0.5) is 0 Å². The van der Waals surface area contributed by atoms with Gasteiger partial charge in [0, 0.05) is 31.2 Å². The van der Waals surface area contributed by atoms with Crippen molar-refractivity contribution >= 4 is 33.8 Å². The molecule has 0 radical (unpaired) electrons. The summed E-state index contributed by atoms with van der Waals surface area (Å²) >= 11 is 7.53. The van der Waals surface area contributed by atoms with Gasteiger partial charge in [-0.25, -0.2) is 4.98 Å². The summed E-state index contributed by atoms with van der Waals surface area (Å²) in [5, 5.41) is 15.9. The first kappa shape index (κ1) is 20.0. The molecule has 0 bridgehead atoms. The Morgan fingerprint density at radius 2 is 1.94 bits per heavy atom. The number of hydrogen-bond acceptors (Lipinski definition) is 7. The SMILES string of the molecule is Cc1nc2sc([C@H](c3ccc(Cl)cc3)N3CCN(C(=O)c4ccco4)CC3)c(O)n2n1. The molecule has 160 valence electrons. The first-order valence-electron chi connectivity index (χ1n) is 9.88. The van der Waals surface area contributed by atoms with Crippen molar-refractivity contribution in [2.24, 2.45) is 0 Å². The van der Waals surface area contributed by atoms with Crippen molar-refractivity contribution in [2.45, 2.75) is 13.0 Å². The fourth-order valence-electron chi connectivity index (χ4n) is 3.94. The summed E-state index contributed by atoms with van der Waals surface area (Å²) in [6, 6.07) is 10.8. The lowest BCUT2D eigenvalue weighted by atomic mass is 10.0. The molecule has 1 N–H and O–H groups in total. The molecular formula is C21H20ClN5O3S. The van der Waals surface area contributed by atoms with Crippen molar-refractivity contribution in [3.8, 4) is 5.88 Å². The molecule has 0 unspecified atom stereocenters. The van der Waals surface area contributed by atoms with Gasteiger partial charge in [-0.1, -0.05) is 35.1 Å². The molecule has 1 fully saturated rings. The van der Waals surface area contributed by atoms with E-state index in [0.717, 1.165) is 10.4 Å². The Labute approximate surface area is 187 Å². The Kier molecular flexibility index (Phi) is 5.17. The number of carbonyl (C=O) groups excluding carboxylic acids is 1. The molecule has 8 nitrogen and oxygen atoms in total. The Morgan fingerprint density at radius 3 is 2.58 bits per heavy atom. The van der Waals surface area contributed by atoms with Crippen LogP contribution in [0.25, 0.3) is 4.96 Å². The number of nitrogens with zero attached hydrogens (tertiary/aromatic N) is 5. The van der Waals surface area contributed by atoms with Gasteiger partial charge in [0.1, 0.15) is 5.82 Å². The Balaban J connectivity index is 1.45. The van der Waals surface area contributed by atoms with Crippen molar-refractivity contribution < 1.29 is 14.3 Å². The second kappa shape index (κ2) is 7.99. The minimum absolute atomic E-state index is 0.0923. The average Bonchev–Trinajstić information content (AvgIpc) is 3.49. The summed E-state index contributed by atoms with van der Waals surface area (Å²) in [6.45, 7) is 4.21. The summed E-state index contributed by atoms with van der Waals surface area (Å²) in [5.41, 5.74) is 1.01. The molecule has 1 amide bonds. The molecule has 0 spiro atoms. The van der Waals surface area contributed by atoms with E-state index < -0.39 is 0 Å². The number of rotatable bonds is 4. The number of halogens is 1. The van der Waals surface area contributed by atoms with Crippen molar-refractivity contribution in [2.75, 3.05) is 26.2 Å². The minimum atomic E-state index is -0.202. The second-order valence-electron chi connectivity index (χ2n) is 7.40. The van der Waals surface area contributed by atoms with Crippen molar-refractivity contribution in [1.29, 1.82) is 0 Å². The third-order valence-corrected chi connectivity index (χ3v) is 6.76. The number of piperazine rings is 1.